The minimum atomic E-state index is -4.18. The summed E-state index contributed by atoms with van der Waals surface area (Å²) in [5.74, 6) is 0.200. The Morgan fingerprint density at radius 3 is 2.69 bits per heavy atom. The monoisotopic (exact) mass is 448 g/mol. The van der Waals surface area contributed by atoms with Crippen LogP contribution in [-0.2, 0) is 16.8 Å². The number of hydrogen-bond acceptors (Lipinski definition) is 5. The van der Waals surface area contributed by atoms with Crippen molar-refractivity contribution in [2.75, 3.05) is 39.8 Å². The second-order valence-corrected chi connectivity index (χ2v) is 8.82. The average Bonchev–Trinajstić information content (AvgIpc) is 3.08. The van der Waals surface area contributed by atoms with E-state index in [2.05, 4.69) is 28.2 Å². The molecule has 32 heavy (non-hydrogen) atoms. The van der Waals surface area contributed by atoms with Crippen molar-refractivity contribution in [1.82, 2.24) is 15.1 Å². The molecule has 1 spiro atoms. The van der Waals surface area contributed by atoms with Gasteiger partial charge >= 0.3 is 6.18 Å². The van der Waals surface area contributed by atoms with Crippen molar-refractivity contribution in [1.29, 1.82) is 5.26 Å². The maximum Gasteiger partial charge on any atom is 0.389 e. The topological polar surface area (TPSA) is 68.6 Å². The summed E-state index contributed by atoms with van der Waals surface area (Å²) in [5.41, 5.74) is 2.46. The summed E-state index contributed by atoms with van der Waals surface area (Å²) < 4.78 is 42.5. The van der Waals surface area contributed by atoms with Gasteiger partial charge in [-0.3, -0.25) is 4.79 Å². The third-order valence-electron chi connectivity index (χ3n) is 6.62. The van der Waals surface area contributed by atoms with Crippen LogP contribution in [0, 0.1) is 11.3 Å². The van der Waals surface area contributed by atoms with Gasteiger partial charge in [0, 0.05) is 44.7 Å². The van der Waals surface area contributed by atoms with Crippen molar-refractivity contribution in [3.63, 3.8) is 0 Å². The standard InChI is InChI=1S/C23H27F3N4O2/c1-29-8-10-30(11-9-29)20-14-22(28-21(31)18(20)15-27)7-5-16-13-17(3-4-19(16)22)32-12-2-6-23(24,25)26/h3-4,13H,2,5-12,14H2,1H3,(H,28,31). The summed E-state index contributed by atoms with van der Waals surface area (Å²) in [5, 5.41) is 12.7. The van der Waals surface area contributed by atoms with Crippen LogP contribution in [0.25, 0.3) is 0 Å². The normalized spacial score (nSPS) is 23.8. The summed E-state index contributed by atoms with van der Waals surface area (Å²) in [7, 11) is 2.06. The molecule has 2 heterocycles. The van der Waals surface area contributed by atoms with Gasteiger partial charge in [-0.1, -0.05) is 6.07 Å². The van der Waals surface area contributed by atoms with Crippen LogP contribution in [-0.4, -0.2) is 61.7 Å². The van der Waals surface area contributed by atoms with Gasteiger partial charge in [-0.05, 0) is 49.6 Å². The summed E-state index contributed by atoms with van der Waals surface area (Å²) in [6.45, 7) is 3.31. The number of carbonyl (C=O) groups is 1. The SMILES string of the molecule is CN1CCN(C2=C(C#N)C(=O)NC3(CCc4cc(OCCCC(F)(F)F)ccc43)C2)CC1. The number of halogens is 3. The van der Waals surface area contributed by atoms with Crippen LogP contribution in [0.5, 0.6) is 5.75 Å². The Hall–Kier alpha value is -2.73. The molecule has 0 bridgehead atoms. The highest BCUT2D eigenvalue weighted by atomic mass is 19.4. The van der Waals surface area contributed by atoms with Gasteiger partial charge in [0.15, 0.2) is 0 Å². The lowest BCUT2D eigenvalue weighted by Gasteiger charge is -2.43. The molecule has 1 aromatic carbocycles. The fourth-order valence-corrected chi connectivity index (χ4v) is 4.88. The van der Waals surface area contributed by atoms with E-state index >= 15 is 0 Å². The first-order valence-corrected chi connectivity index (χ1v) is 10.9. The van der Waals surface area contributed by atoms with Crippen LogP contribution < -0.4 is 10.1 Å². The Kier molecular flexibility index (Phi) is 6.08. The van der Waals surface area contributed by atoms with Crippen molar-refractivity contribution < 1.29 is 22.7 Å². The van der Waals surface area contributed by atoms with E-state index < -0.39 is 18.1 Å². The minimum absolute atomic E-state index is 0.00198. The average molecular weight is 448 g/mol. The van der Waals surface area contributed by atoms with Gasteiger partial charge in [0.2, 0.25) is 0 Å². The van der Waals surface area contributed by atoms with Crippen LogP contribution >= 0.6 is 0 Å². The summed E-state index contributed by atoms with van der Waals surface area (Å²) in [4.78, 5) is 17.3. The lowest BCUT2D eigenvalue weighted by atomic mass is 9.82. The molecule has 0 saturated carbocycles. The van der Waals surface area contributed by atoms with Crippen LogP contribution in [0.2, 0.25) is 0 Å². The summed E-state index contributed by atoms with van der Waals surface area (Å²) in [6.07, 6.45) is -3.13. The molecule has 1 fully saturated rings. The molecule has 1 N–H and O–H groups in total. The van der Waals surface area contributed by atoms with Gasteiger partial charge in [0.1, 0.15) is 17.4 Å². The summed E-state index contributed by atoms with van der Waals surface area (Å²) >= 11 is 0. The first kappa shape index (κ1) is 22.5. The number of rotatable bonds is 5. The number of fused-ring (bicyclic) bond motifs is 2. The van der Waals surface area contributed by atoms with E-state index in [1.807, 2.05) is 12.1 Å². The number of amides is 1. The molecular weight excluding hydrogens is 421 g/mol. The van der Waals surface area contributed by atoms with E-state index in [9.17, 15) is 23.2 Å². The van der Waals surface area contributed by atoms with Crippen molar-refractivity contribution >= 4 is 5.91 Å². The number of alkyl halides is 3. The Morgan fingerprint density at radius 2 is 2.00 bits per heavy atom. The second kappa shape index (κ2) is 8.66. The van der Waals surface area contributed by atoms with E-state index in [1.165, 1.54) is 0 Å². The first-order chi connectivity index (χ1) is 15.2. The zero-order valence-corrected chi connectivity index (χ0v) is 18.1. The van der Waals surface area contributed by atoms with Gasteiger partial charge in [0.05, 0.1) is 12.1 Å². The Morgan fingerprint density at radius 1 is 1.25 bits per heavy atom. The number of nitriles is 1. The van der Waals surface area contributed by atoms with Crippen LogP contribution in [0.3, 0.4) is 0 Å². The lowest BCUT2D eigenvalue weighted by molar-refractivity contribution is -0.136. The van der Waals surface area contributed by atoms with E-state index in [4.69, 9.17) is 4.74 Å². The fraction of sp³-hybridized carbons (Fsp3) is 0.565. The molecule has 2 aliphatic heterocycles. The number of carbonyl (C=O) groups excluding carboxylic acids is 1. The molecule has 0 radical (unpaired) electrons. The number of aryl methyl sites for hydroxylation is 1. The molecule has 172 valence electrons. The highest BCUT2D eigenvalue weighted by molar-refractivity contribution is 5.99. The zero-order valence-electron chi connectivity index (χ0n) is 18.1. The molecule has 1 aliphatic carbocycles. The molecule has 1 unspecified atom stereocenters. The summed E-state index contributed by atoms with van der Waals surface area (Å²) in [6, 6.07) is 7.63. The maximum absolute atomic E-state index is 12.9. The van der Waals surface area contributed by atoms with Gasteiger partial charge in [-0.15, -0.1) is 0 Å². The molecule has 4 rings (SSSR count). The van der Waals surface area contributed by atoms with Crippen LogP contribution in [0.1, 0.15) is 36.8 Å². The largest absolute Gasteiger partial charge is 0.494 e. The fourth-order valence-electron chi connectivity index (χ4n) is 4.88. The van der Waals surface area contributed by atoms with E-state index in [0.29, 0.717) is 18.6 Å². The molecular formula is C23H27F3N4O2. The number of hydrogen-bond donors (Lipinski definition) is 1. The van der Waals surface area contributed by atoms with Crippen molar-refractivity contribution in [3.8, 4) is 11.8 Å². The van der Waals surface area contributed by atoms with E-state index in [1.54, 1.807) is 6.07 Å². The third-order valence-corrected chi connectivity index (χ3v) is 6.62. The predicted molar refractivity (Wildman–Crippen MR) is 112 cm³/mol. The molecule has 1 aromatic rings. The second-order valence-electron chi connectivity index (χ2n) is 8.82. The van der Waals surface area contributed by atoms with Crippen molar-refractivity contribution in [3.05, 3.63) is 40.6 Å². The molecule has 1 saturated heterocycles. The smallest absolute Gasteiger partial charge is 0.389 e. The minimum Gasteiger partial charge on any atom is -0.494 e. The number of nitrogens with zero attached hydrogens (tertiary/aromatic N) is 3. The highest BCUT2D eigenvalue weighted by Gasteiger charge is 2.46. The number of benzene rings is 1. The van der Waals surface area contributed by atoms with Crippen molar-refractivity contribution in [2.24, 2.45) is 0 Å². The molecule has 6 nitrogen and oxygen atoms in total. The maximum atomic E-state index is 12.9. The molecule has 0 aromatic heterocycles. The molecule has 9 heteroatoms. The van der Waals surface area contributed by atoms with Gasteiger partial charge in [-0.2, -0.15) is 18.4 Å². The predicted octanol–water partition coefficient (Wildman–Crippen LogP) is 3.09. The third kappa shape index (κ3) is 4.56. The van der Waals surface area contributed by atoms with Crippen LogP contribution in [0.4, 0.5) is 13.2 Å². The Bertz CT molecular complexity index is 961. The van der Waals surface area contributed by atoms with Gasteiger partial charge < -0.3 is 19.9 Å². The Labute approximate surface area is 185 Å². The Balaban J connectivity index is 1.52. The first-order valence-electron chi connectivity index (χ1n) is 10.9. The molecule has 1 atom stereocenters. The van der Waals surface area contributed by atoms with E-state index in [-0.39, 0.29) is 24.5 Å². The quantitative estimate of drug-likeness (QED) is 0.702. The number of piperazine rings is 1. The molecule has 3 aliphatic rings. The zero-order chi connectivity index (χ0) is 22.9. The van der Waals surface area contributed by atoms with Gasteiger partial charge in [-0.25, -0.2) is 0 Å². The number of likely N-dealkylation sites (N-methyl/N-ethyl adjacent to an activating group) is 1. The number of nitrogens with one attached hydrogen (secondary N) is 1. The lowest BCUT2D eigenvalue weighted by Crippen LogP contribution is -2.53. The number of ether oxygens (including phenoxy) is 1. The van der Waals surface area contributed by atoms with Gasteiger partial charge in [0.25, 0.3) is 5.91 Å². The molecule has 1 amide bonds. The van der Waals surface area contributed by atoms with E-state index in [0.717, 1.165) is 49.4 Å². The van der Waals surface area contributed by atoms with Crippen LogP contribution in [0.15, 0.2) is 29.5 Å². The highest BCUT2D eigenvalue weighted by Crippen LogP contribution is 2.45. The van der Waals surface area contributed by atoms with Crippen molar-refractivity contribution in [2.45, 2.75) is 43.8 Å².